The zero-order valence-corrected chi connectivity index (χ0v) is 20.5. The molecule has 0 N–H and O–H groups in total. The predicted octanol–water partition coefficient (Wildman–Crippen LogP) is 6.00. The van der Waals surface area contributed by atoms with Crippen LogP contribution in [0.2, 0.25) is 0 Å². The fourth-order valence-corrected chi connectivity index (χ4v) is 4.76. The van der Waals surface area contributed by atoms with E-state index < -0.39 is 0 Å². The Morgan fingerprint density at radius 1 is 0.857 bits per heavy atom. The van der Waals surface area contributed by atoms with Crippen LogP contribution >= 0.6 is 11.3 Å². The van der Waals surface area contributed by atoms with Crippen LogP contribution in [0.4, 0.5) is 5.69 Å². The Labute approximate surface area is 208 Å². The van der Waals surface area contributed by atoms with Crippen LogP contribution in [0, 0.1) is 0 Å². The first-order valence-electron chi connectivity index (χ1n) is 11.4. The van der Waals surface area contributed by atoms with E-state index in [9.17, 15) is 9.59 Å². The quantitative estimate of drug-likeness (QED) is 0.256. The fraction of sp³-hybridized carbons (Fsp3) is 0.138. The molecule has 6 heteroatoms. The lowest BCUT2D eigenvalue weighted by atomic mass is 10.0. The third-order valence-electron chi connectivity index (χ3n) is 6.06. The molecule has 0 saturated carbocycles. The van der Waals surface area contributed by atoms with E-state index in [-0.39, 0.29) is 11.6 Å². The summed E-state index contributed by atoms with van der Waals surface area (Å²) in [5.41, 5.74) is 6.50. The van der Waals surface area contributed by atoms with E-state index in [2.05, 4.69) is 4.98 Å². The molecule has 2 aromatic heterocycles. The number of Topliss-reactive ketones (excluding diaryl/α,β-unsaturated/α-hetero) is 2. The lowest BCUT2D eigenvalue weighted by Gasteiger charge is -2.12. The molecule has 0 aliphatic rings. The molecule has 3 aromatic carbocycles. The number of carbonyl (C=O) groups is 2. The van der Waals surface area contributed by atoms with Crippen LogP contribution < -0.4 is 4.90 Å². The molecule has 35 heavy (non-hydrogen) atoms. The van der Waals surface area contributed by atoms with Crippen LogP contribution in [0.15, 0.2) is 90.6 Å². The van der Waals surface area contributed by atoms with Gasteiger partial charge in [-0.15, -0.1) is 11.3 Å². The Balaban J connectivity index is 1.29. The minimum Gasteiger partial charge on any atom is -0.378 e. The lowest BCUT2D eigenvalue weighted by Crippen LogP contribution is -2.09. The summed E-state index contributed by atoms with van der Waals surface area (Å²) >= 11 is 1.47. The summed E-state index contributed by atoms with van der Waals surface area (Å²) in [4.78, 5) is 32.5. The average Bonchev–Trinajstić information content (AvgIpc) is 3.55. The van der Waals surface area contributed by atoms with Crippen LogP contribution in [-0.2, 0) is 12.8 Å². The number of hydrogen-bond acceptors (Lipinski definition) is 5. The van der Waals surface area contributed by atoms with Gasteiger partial charge < -0.3 is 4.90 Å². The van der Waals surface area contributed by atoms with Crippen molar-refractivity contribution in [3.63, 3.8) is 0 Å². The maximum absolute atomic E-state index is 12.7. The molecule has 0 bridgehead atoms. The molecule has 5 nitrogen and oxygen atoms in total. The number of fused-ring (bicyclic) bond motifs is 1. The van der Waals surface area contributed by atoms with Crippen molar-refractivity contribution >= 4 is 39.6 Å². The first-order valence-corrected chi connectivity index (χ1v) is 12.3. The summed E-state index contributed by atoms with van der Waals surface area (Å²) in [6.45, 7) is 0. The predicted molar refractivity (Wildman–Crippen MR) is 142 cm³/mol. The summed E-state index contributed by atoms with van der Waals surface area (Å²) in [5, 5.41) is 1.92. The van der Waals surface area contributed by atoms with E-state index >= 15 is 0 Å². The van der Waals surface area contributed by atoms with Gasteiger partial charge in [0.15, 0.2) is 11.6 Å². The van der Waals surface area contributed by atoms with E-state index in [4.69, 9.17) is 0 Å². The van der Waals surface area contributed by atoms with Gasteiger partial charge in [-0.25, -0.2) is 4.98 Å². The molecule has 5 aromatic rings. The lowest BCUT2D eigenvalue weighted by molar-refractivity contribution is 0.0986. The zero-order chi connectivity index (χ0) is 24.4. The van der Waals surface area contributed by atoms with E-state index in [0.29, 0.717) is 18.4 Å². The van der Waals surface area contributed by atoms with Crippen molar-refractivity contribution in [3.8, 4) is 5.69 Å². The number of thiophene rings is 1. The minimum atomic E-state index is 0.0979. The molecule has 0 unspecified atom stereocenters. The van der Waals surface area contributed by atoms with Crippen molar-refractivity contribution in [2.24, 2.45) is 0 Å². The van der Waals surface area contributed by atoms with Gasteiger partial charge in [0.25, 0.3) is 0 Å². The highest BCUT2D eigenvalue weighted by atomic mass is 32.1. The second kappa shape index (κ2) is 9.68. The fourth-order valence-electron chi connectivity index (χ4n) is 4.09. The third-order valence-corrected chi connectivity index (χ3v) is 6.97. The molecule has 0 radical (unpaired) electrons. The van der Waals surface area contributed by atoms with E-state index in [1.807, 2.05) is 108 Å². The van der Waals surface area contributed by atoms with Gasteiger partial charge in [-0.1, -0.05) is 24.3 Å². The van der Waals surface area contributed by atoms with Crippen LogP contribution in [0.5, 0.6) is 0 Å². The Bertz CT molecular complexity index is 1480. The second-order valence-corrected chi connectivity index (χ2v) is 9.67. The number of anilines is 1. The number of benzene rings is 3. The summed E-state index contributed by atoms with van der Waals surface area (Å²) in [7, 11) is 3.96. The van der Waals surface area contributed by atoms with Gasteiger partial charge in [0.05, 0.1) is 15.9 Å². The Kier molecular flexibility index (Phi) is 6.29. The topological polar surface area (TPSA) is 55.2 Å². The first kappa shape index (κ1) is 22.7. The number of ketones is 2. The average molecular weight is 480 g/mol. The van der Waals surface area contributed by atoms with Gasteiger partial charge in [0.2, 0.25) is 0 Å². The third kappa shape index (κ3) is 4.93. The number of nitrogens with zero attached hydrogens (tertiary/aromatic N) is 3. The SMILES string of the molecule is CN(C)c1ccc(C(=O)Cc2ccc(-n3cnc4cc(CC(=O)c5cccs5)ccc43)cc2)cc1. The molecular formula is C29H25N3O2S. The maximum atomic E-state index is 12.7. The number of carbonyl (C=O) groups excluding carboxylic acids is 2. The monoisotopic (exact) mass is 479 g/mol. The number of hydrogen-bond donors (Lipinski definition) is 0. The summed E-state index contributed by atoms with van der Waals surface area (Å²) in [6, 6.07) is 25.4. The van der Waals surface area contributed by atoms with Gasteiger partial charge in [0.1, 0.15) is 6.33 Å². The molecule has 5 rings (SSSR count). The molecule has 2 heterocycles. The number of imidazole rings is 1. The van der Waals surface area contributed by atoms with Crippen LogP contribution in [0.25, 0.3) is 16.7 Å². The summed E-state index contributed by atoms with van der Waals surface area (Å²) in [6.07, 6.45) is 2.51. The van der Waals surface area contributed by atoms with Gasteiger partial charge in [-0.3, -0.25) is 14.2 Å². The van der Waals surface area contributed by atoms with Crippen LogP contribution in [-0.4, -0.2) is 35.2 Å². The van der Waals surface area contributed by atoms with E-state index in [0.717, 1.165) is 38.4 Å². The Morgan fingerprint density at radius 2 is 1.57 bits per heavy atom. The highest BCUT2D eigenvalue weighted by Gasteiger charge is 2.12. The molecular weight excluding hydrogens is 454 g/mol. The number of aromatic nitrogens is 2. The van der Waals surface area contributed by atoms with Crippen molar-refractivity contribution < 1.29 is 9.59 Å². The normalized spacial score (nSPS) is 11.0. The van der Waals surface area contributed by atoms with Crippen LogP contribution in [0.3, 0.4) is 0 Å². The molecule has 0 spiro atoms. The van der Waals surface area contributed by atoms with Gasteiger partial charge in [0, 0.05) is 43.9 Å². The van der Waals surface area contributed by atoms with E-state index in [1.165, 1.54) is 11.3 Å². The highest BCUT2D eigenvalue weighted by Crippen LogP contribution is 2.22. The molecule has 174 valence electrons. The van der Waals surface area contributed by atoms with Gasteiger partial charge >= 0.3 is 0 Å². The molecule has 0 amide bonds. The number of rotatable bonds is 8. The standard InChI is InChI=1S/C29H25N3O2S/c1-31(2)23-12-8-22(9-13-23)27(33)17-20-5-10-24(11-6-20)32-19-30-25-16-21(7-14-26(25)32)18-28(34)29-4-3-15-35-29/h3-16,19H,17-18H2,1-2H3. The van der Waals surface area contributed by atoms with Crippen molar-refractivity contribution in [2.45, 2.75) is 12.8 Å². The molecule has 0 aliphatic heterocycles. The van der Waals surface area contributed by atoms with Gasteiger partial charge in [-0.05, 0) is 71.1 Å². The van der Waals surface area contributed by atoms with Crippen molar-refractivity contribution in [2.75, 3.05) is 19.0 Å². The van der Waals surface area contributed by atoms with Crippen molar-refractivity contribution in [1.82, 2.24) is 9.55 Å². The van der Waals surface area contributed by atoms with Crippen molar-refractivity contribution in [3.05, 3.63) is 112 Å². The second-order valence-electron chi connectivity index (χ2n) is 8.72. The largest absolute Gasteiger partial charge is 0.378 e. The molecule has 0 saturated heterocycles. The Hall–Kier alpha value is -4.03. The maximum Gasteiger partial charge on any atom is 0.177 e. The van der Waals surface area contributed by atoms with E-state index in [1.54, 1.807) is 6.33 Å². The zero-order valence-electron chi connectivity index (χ0n) is 19.6. The van der Waals surface area contributed by atoms with Crippen molar-refractivity contribution in [1.29, 1.82) is 0 Å². The summed E-state index contributed by atoms with van der Waals surface area (Å²) in [5.74, 6) is 0.221. The smallest absolute Gasteiger partial charge is 0.177 e. The molecule has 0 atom stereocenters. The van der Waals surface area contributed by atoms with Crippen LogP contribution in [0.1, 0.15) is 31.2 Å². The first-order chi connectivity index (χ1) is 17.0. The minimum absolute atomic E-state index is 0.0979. The van der Waals surface area contributed by atoms with Gasteiger partial charge in [-0.2, -0.15) is 0 Å². The highest BCUT2D eigenvalue weighted by molar-refractivity contribution is 7.12. The summed E-state index contributed by atoms with van der Waals surface area (Å²) < 4.78 is 2.02. The Morgan fingerprint density at radius 3 is 2.26 bits per heavy atom. The molecule has 0 fully saturated rings. The molecule has 0 aliphatic carbocycles.